The molecule has 2 aromatic rings. The smallest absolute Gasteiger partial charge is 0.139 e. The van der Waals surface area contributed by atoms with Crippen molar-refractivity contribution in [3.05, 3.63) is 42.5 Å². The molecule has 0 atom stereocenters. The van der Waals surface area contributed by atoms with Crippen LogP contribution in [0, 0.1) is 11.3 Å². The van der Waals surface area contributed by atoms with Crippen LogP contribution in [0.25, 0.3) is 0 Å². The van der Waals surface area contributed by atoms with E-state index in [9.17, 15) is 0 Å². The molecule has 5 nitrogen and oxygen atoms in total. The summed E-state index contributed by atoms with van der Waals surface area (Å²) in [5, 5.41) is 15.9. The molecule has 0 aliphatic heterocycles. The predicted molar refractivity (Wildman–Crippen MR) is 61.5 cm³/mol. The molecule has 0 aliphatic carbocycles. The Kier molecular flexibility index (Phi) is 4.54. The van der Waals surface area contributed by atoms with Crippen molar-refractivity contribution < 1.29 is 0 Å². The topological polar surface area (TPSA) is 66.5 Å². The summed E-state index contributed by atoms with van der Waals surface area (Å²) in [5.74, 6) is 0. The van der Waals surface area contributed by atoms with E-state index in [1.54, 1.807) is 29.5 Å². The Morgan fingerprint density at radius 1 is 1.12 bits per heavy atom. The molecule has 0 fully saturated rings. The highest BCUT2D eigenvalue weighted by molar-refractivity contribution is 5.46. The molecule has 0 aliphatic rings. The van der Waals surface area contributed by atoms with Crippen LogP contribution >= 0.6 is 0 Å². The van der Waals surface area contributed by atoms with Crippen molar-refractivity contribution in [2.24, 2.45) is 0 Å². The number of nitriles is 1. The van der Waals surface area contributed by atoms with Crippen LogP contribution < -0.4 is 5.43 Å². The summed E-state index contributed by atoms with van der Waals surface area (Å²) in [5.41, 5.74) is 4.53. The minimum atomic E-state index is 0.638. The van der Waals surface area contributed by atoms with Gasteiger partial charge in [0.2, 0.25) is 0 Å². The molecule has 5 heteroatoms. The van der Waals surface area contributed by atoms with E-state index in [4.69, 9.17) is 5.26 Å². The molecule has 2 rings (SSSR count). The van der Waals surface area contributed by atoms with Crippen LogP contribution in [-0.4, -0.2) is 14.9 Å². The zero-order valence-electron chi connectivity index (χ0n) is 9.25. The lowest BCUT2D eigenvalue weighted by Crippen LogP contribution is -2.05. The molecule has 0 bridgehead atoms. The zero-order valence-corrected chi connectivity index (χ0v) is 9.25. The number of hydrogen-bond donors (Lipinski definition) is 1. The van der Waals surface area contributed by atoms with Gasteiger partial charge in [0.25, 0.3) is 0 Å². The second-order valence-corrected chi connectivity index (χ2v) is 2.67. The van der Waals surface area contributed by atoms with Crippen LogP contribution in [0.5, 0.6) is 0 Å². The second-order valence-electron chi connectivity index (χ2n) is 2.67. The van der Waals surface area contributed by atoms with Crippen LogP contribution in [0.2, 0.25) is 0 Å². The van der Waals surface area contributed by atoms with Crippen molar-refractivity contribution in [2.75, 3.05) is 5.43 Å². The van der Waals surface area contributed by atoms with Gasteiger partial charge in [0.15, 0.2) is 0 Å². The first-order valence-electron chi connectivity index (χ1n) is 5.00. The molecular formula is C11H13N5. The molecule has 1 heterocycles. The Labute approximate surface area is 94.3 Å². The van der Waals surface area contributed by atoms with Crippen molar-refractivity contribution in [2.45, 2.75) is 13.8 Å². The van der Waals surface area contributed by atoms with E-state index in [0.29, 0.717) is 5.56 Å². The Balaban J connectivity index is 0.000000606. The van der Waals surface area contributed by atoms with Crippen LogP contribution in [0.3, 0.4) is 0 Å². The Morgan fingerprint density at radius 3 is 2.19 bits per heavy atom. The molecule has 82 valence electrons. The first-order chi connectivity index (χ1) is 7.88. The van der Waals surface area contributed by atoms with E-state index in [1.807, 2.05) is 26.0 Å². The largest absolute Gasteiger partial charge is 0.292 e. The van der Waals surface area contributed by atoms with Crippen molar-refractivity contribution >= 4 is 5.69 Å². The average Bonchev–Trinajstić information content (AvgIpc) is 2.86. The number of aromatic nitrogens is 3. The van der Waals surface area contributed by atoms with E-state index in [1.165, 1.54) is 0 Å². The fraction of sp³-hybridized carbons (Fsp3) is 0.182. The average molecular weight is 215 g/mol. The van der Waals surface area contributed by atoms with Crippen LogP contribution in [0.1, 0.15) is 19.4 Å². The van der Waals surface area contributed by atoms with Gasteiger partial charge in [-0.15, -0.1) is 10.2 Å². The number of rotatable bonds is 2. The number of anilines is 1. The SMILES string of the molecule is CC.N#Cc1ccc(Nn2cnnc2)cc1. The highest BCUT2D eigenvalue weighted by Crippen LogP contribution is 2.08. The van der Waals surface area contributed by atoms with Gasteiger partial charge in [-0.25, -0.2) is 4.68 Å². The molecule has 0 spiro atoms. The Hall–Kier alpha value is -2.35. The Morgan fingerprint density at radius 2 is 1.69 bits per heavy atom. The minimum Gasteiger partial charge on any atom is -0.292 e. The van der Waals surface area contributed by atoms with E-state index in [-0.39, 0.29) is 0 Å². The van der Waals surface area contributed by atoms with Gasteiger partial charge >= 0.3 is 0 Å². The van der Waals surface area contributed by atoms with Crippen molar-refractivity contribution in [3.63, 3.8) is 0 Å². The van der Waals surface area contributed by atoms with Crippen molar-refractivity contribution in [1.82, 2.24) is 14.9 Å². The normalized spacial score (nSPS) is 8.56. The van der Waals surface area contributed by atoms with Gasteiger partial charge < -0.3 is 0 Å². The van der Waals surface area contributed by atoms with Crippen LogP contribution in [-0.2, 0) is 0 Å². The lowest BCUT2D eigenvalue weighted by atomic mass is 10.2. The van der Waals surface area contributed by atoms with Gasteiger partial charge in [-0.2, -0.15) is 5.26 Å². The molecule has 1 aromatic carbocycles. The molecule has 0 saturated carbocycles. The fourth-order valence-corrected chi connectivity index (χ4v) is 1.03. The lowest BCUT2D eigenvalue weighted by Gasteiger charge is -2.04. The number of nitrogens with zero attached hydrogens (tertiary/aromatic N) is 4. The van der Waals surface area contributed by atoms with E-state index in [0.717, 1.165) is 5.69 Å². The lowest BCUT2D eigenvalue weighted by molar-refractivity contribution is 0.952. The van der Waals surface area contributed by atoms with Gasteiger partial charge in [-0.05, 0) is 24.3 Å². The third kappa shape index (κ3) is 3.10. The highest BCUT2D eigenvalue weighted by Gasteiger charge is 1.93. The molecule has 1 aromatic heterocycles. The molecule has 1 N–H and O–H groups in total. The minimum absolute atomic E-state index is 0.638. The first kappa shape index (κ1) is 11.7. The fourth-order valence-electron chi connectivity index (χ4n) is 1.03. The van der Waals surface area contributed by atoms with Gasteiger partial charge in [0.1, 0.15) is 12.7 Å². The molecule has 0 saturated heterocycles. The molecular weight excluding hydrogens is 202 g/mol. The summed E-state index contributed by atoms with van der Waals surface area (Å²) >= 11 is 0. The highest BCUT2D eigenvalue weighted by atomic mass is 15.5. The quantitative estimate of drug-likeness (QED) is 0.832. The summed E-state index contributed by atoms with van der Waals surface area (Å²) in [7, 11) is 0. The number of nitrogens with one attached hydrogen (secondary N) is 1. The van der Waals surface area contributed by atoms with Gasteiger partial charge in [-0.1, -0.05) is 13.8 Å². The number of benzene rings is 1. The maximum atomic E-state index is 8.59. The number of hydrogen-bond acceptors (Lipinski definition) is 4. The third-order valence-corrected chi connectivity index (χ3v) is 1.69. The standard InChI is InChI=1S/C9H7N5.C2H6/c10-5-8-1-3-9(4-2-8)13-14-6-11-12-7-14;1-2/h1-4,6-7,13H;1-2H3. The maximum Gasteiger partial charge on any atom is 0.139 e. The molecule has 0 radical (unpaired) electrons. The third-order valence-electron chi connectivity index (χ3n) is 1.69. The molecule has 0 unspecified atom stereocenters. The maximum absolute atomic E-state index is 8.59. The van der Waals surface area contributed by atoms with E-state index >= 15 is 0 Å². The van der Waals surface area contributed by atoms with E-state index < -0.39 is 0 Å². The first-order valence-corrected chi connectivity index (χ1v) is 5.00. The van der Waals surface area contributed by atoms with Crippen molar-refractivity contribution in [3.8, 4) is 6.07 Å². The summed E-state index contributed by atoms with van der Waals surface area (Å²) in [6.07, 6.45) is 3.11. The van der Waals surface area contributed by atoms with Gasteiger partial charge in [-0.3, -0.25) is 5.43 Å². The van der Waals surface area contributed by atoms with Crippen LogP contribution in [0.4, 0.5) is 5.69 Å². The second kappa shape index (κ2) is 6.19. The van der Waals surface area contributed by atoms with Crippen molar-refractivity contribution in [1.29, 1.82) is 5.26 Å². The Bertz CT molecular complexity index is 438. The predicted octanol–water partition coefficient (Wildman–Crippen LogP) is 2.05. The summed E-state index contributed by atoms with van der Waals surface area (Å²) in [6, 6.07) is 9.18. The van der Waals surface area contributed by atoms with Gasteiger partial charge in [0, 0.05) is 0 Å². The molecule has 0 amide bonds. The zero-order chi connectivity index (χ0) is 11.8. The van der Waals surface area contributed by atoms with E-state index in [2.05, 4.69) is 21.7 Å². The summed E-state index contributed by atoms with van der Waals surface area (Å²) in [4.78, 5) is 0. The summed E-state index contributed by atoms with van der Waals surface area (Å²) < 4.78 is 1.63. The van der Waals surface area contributed by atoms with Gasteiger partial charge in [0.05, 0.1) is 17.3 Å². The monoisotopic (exact) mass is 215 g/mol. The van der Waals surface area contributed by atoms with Crippen LogP contribution in [0.15, 0.2) is 36.9 Å². The molecule has 16 heavy (non-hydrogen) atoms. The summed E-state index contributed by atoms with van der Waals surface area (Å²) in [6.45, 7) is 4.00.